The number of rotatable bonds is 8. The van der Waals surface area contributed by atoms with E-state index in [-0.39, 0.29) is 18.4 Å². The van der Waals surface area contributed by atoms with Crippen LogP contribution in [0.2, 0.25) is 0 Å². The number of benzene rings is 2. The van der Waals surface area contributed by atoms with Crippen LogP contribution in [0.5, 0.6) is 0 Å². The van der Waals surface area contributed by atoms with Gasteiger partial charge in [-0.15, -0.1) is 11.3 Å². The SMILES string of the molecule is CC(Nc1ccc(NC(=O)Cc2ccc(S(=O)(=O)N3CCCCC3)s2)cc1)c1ccccc1. The van der Waals surface area contributed by atoms with E-state index in [1.54, 1.807) is 16.4 Å². The third kappa shape index (κ3) is 6.01. The number of hydrogen-bond donors (Lipinski definition) is 2. The second-order valence-corrected chi connectivity index (χ2v) is 11.6. The molecule has 1 aromatic heterocycles. The molecule has 1 atom stereocenters. The highest BCUT2D eigenvalue weighted by molar-refractivity contribution is 7.91. The Hall–Kier alpha value is -2.68. The van der Waals surface area contributed by atoms with Crippen LogP contribution in [-0.4, -0.2) is 31.7 Å². The first-order valence-electron chi connectivity index (χ1n) is 11.2. The Morgan fingerprint density at radius 3 is 2.30 bits per heavy atom. The van der Waals surface area contributed by atoms with Gasteiger partial charge in [-0.3, -0.25) is 4.79 Å². The Balaban J connectivity index is 1.32. The zero-order valence-electron chi connectivity index (χ0n) is 18.7. The van der Waals surface area contributed by atoms with Crippen LogP contribution in [0.3, 0.4) is 0 Å². The standard InChI is InChI=1S/C25H29N3O3S2/c1-19(20-8-4-2-5-9-20)26-21-10-12-22(13-11-21)27-24(29)18-23-14-15-25(32-23)33(30,31)28-16-6-3-7-17-28/h2,4-5,8-15,19,26H,3,6-7,16-18H2,1H3,(H,27,29). The average Bonchev–Trinajstić information content (AvgIpc) is 3.30. The molecule has 1 aliphatic rings. The number of piperidine rings is 1. The molecule has 3 aromatic rings. The summed E-state index contributed by atoms with van der Waals surface area (Å²) in [6.45, 7) is 3.25. The van der Waals surface area contributed by atoms with E-state index in [0.717, 1.165) is 29.8 Å². The van der Waals surface area contributed by atoms with Crippen LogP contribution < -0.4 is 10.6 Å². The first-order chi connectivity index (χ1) is 15.9. The van der Waals surface area contributed by atoms with E-state index in [9.17, 15) is 13.2 Å². The van der Waals surface area contributed by atoms with Crippen LogP contribution in [0.1, 0.15) is 42.7 Å². The number of anilines is 2. The number of amides is 1. The lowest BCUT2D eigenvalue weighted by atomic mass is 10.1. The minimum absolute atomic E-state index is 0.144. The number of nitrogens with one attached hydrogen (secondary N) is 2. The van der Waals surface area contributed by atoms with E-state index in [1.165, 1.54) is 16.9 Å². The Bertz CT molecular complexity index is 1170. The van der Waals surface area contributed by atoms with Gasteiger partial charge >= 0.3 is 0 Å². The zero-order chi connectivity index (χ0) is 23.3. The summed E-state index contributed by atoms with van der Waals surface area (Å²) < 4.78 is 27.5. The Labute approximate surface area is 199 Å². The summed E-state index contributed by atoms with van der Waals surface area (Å²) in [5.41, 5.74) is 2.87. The number of nitrogens with zero attached hydrogens (tertiary/aromatic N) is 1. The maximum atomic E-state index is 12.8. The van der Waals surface area contributed by atoms with Gasteiger partial charge in [-0.2, -0.15) is 4.31 Å². The van der Waals surface area contributed by atoms with E-state index >= 15 is 0 Å². The van der Waals surface area contributed by atoms with Gasteiger partial charge in [-0.25, -0.2) is 8.42 Å². The van der Waals surface area contributed by atoms with Crippen LogP contribution in [0.15, 0.2) is 70.9 Å². The molecule has 1 amide bonds. The van der Waals surface area contributed by atoms with Crippen LogP contribution >= 0.6 is 11.3 Å². The smallest absolute Gasteiger partial charge is 0.252 e. The molecule has 0 aliphatic carbocycles. The quantitative estimate of drug-likeness (QED) is 0.457. The summed E-state index contributed by atoms with van der Waals surface area (Å²) in [6.07, 6.45) is 3.02. The molecular formula is C25H29N3O3S2. The minimum atomic E-state index is -3.46. The van der Waals surface area contributed by atoms with Gasteiger partial charge in [0, 0.05) is 35.4 Å². The van der Waals surface area contributed by atoms with E-state index in [4.69, 9.17) is 0 Å². The highest BCUT2D eigenvalue weighted by atomic mass is 32.2. The van der Waals surface area contributed by atoms with Crippen LogP contribution in [0.4, 0.5) is 11.4 Å². The molecule has 0 saturated carbocycles. The minimum Gasteiger partial charge on any atom is -0.379 e. The lowest BCUT2D eigenvalue weighted by Gasteiger charge is -2.25. The summed E-state index contributed by atoms with van der Waals surface area (Å²) in [5.74, 6) is -0.169. The Kier molecular flexibility index (Phi) is 7.47. The lowest BCUT2D eigenvalue weighted by molar-refractivity contribution is -0.115. The van der Waals surface area contributed by atoms with Gasteiger partial charge in [0.05, 0.1) is 6.42 Å². The van der Waals surface area contributed by atoms with Gasteiger partial charge in [0.25, 0.3) is 10.0 Å². The lowest BCUT2D eigenvalue weighted by Crippen LogP contribution is -2.35. The highest BCUT2D eigenvalue weighted by Crippen LogP contribution is 2.28. The molecule has 2 aromatic carbocycles. The number of carbonyl (C=O) groups excluding carboxylic acids is 1. The summed E-state index contributed by atoms with van der Waals surface area (Å²) in [4.78, 5) is 13.2. The van der Waals surface area contributed by atoms with Crippen molar-refractivity contribution in [2.45, 2.75) is 42.9 Å². The zero-order valence-corrected chi connectivity index (χ0v) is 20.3. The number of hydrogen-bond acceptors (Lipinski definition) is 5. The fraction of sp³-hybridized carbons (Fsp3) is 0.320. The molecule has 2 heterocycles. The number of sulfonamides is 1. The van der Waals surface area contributed by atoms with Crippen molar-refractivity contribution in [3.63, 3.8) is 0 Å². The molecule has 1 saturated heterocycles. The first kappa shape index (κ1) is 23.5. The fourth-order valence-electron chi connectivity index (χ4n) is 3.91. The van der Waals surface area contributed by atoms with E-state index in [0.29, 0.717) is 23.0 Å². The molecule has 1 aliphatic heterocycles. The van der Waals surface area contributed by atoms with Crippen molar-refractivity contribution in [2.24, 2.45) is 0 Å². The van der Waals surface area contributed by atoms with E-state index < -0.39 is 10.0 Å². The molecule has 2 N–H and O–H groups in total. The molecule has 4 rings (SSSR count). The molecule has 33 heavy (non-hydrogen) atoms. The average molecular weight is 484 g/mol. The second kappa shape index (κ2) is 10.5. The summed E-state index contributed by atoms with van der Waals surface area (Å²) in [5, 5.41) is 6.34. The Morgan fingerprint density at radius 1 is 0.939 bits per heavy atom. The molecule has 6 nitrogen and oxygen atoms in total. The van der Waals surface area contributed by atoms with Crippen molar-refractivity contribution in [3.05, 3.63) is 77.2 Å². The van der Waals surface area contributed by atoms with Gasteiger partial charge in [0.15, 0.2) is 0 Å². The predicted molar refractivity (Wildman–Crippen MR) is 134 cm³/mol. The monoisotopic (exact) mass is 483 g/mol. The third-order valence-electron chi connectivity index (χ3n) is 5.73. The van der Waals surface area contributed by atoms with Crippen molar-refractivity contribution < 1.29 is 13.2 Å². The molecule has 1 fully saturated rings. The predicted octanol–water partition coefficient (Wildman–Crippen LogP) is 5.28. The van der Waals surface area contributed by atoms with Gasteiger partial charge in [0.2, 0.25) is 5.91 Å². The van der Waals surface area contributed by atoms with Gasteiger partial charge < -0.3 is 10.6 Å². The molecular weight excluding hydrogens is 454 g/mol. The molecule has 0 radical (unpaired) electrons. The van der Waals surface area contributed by atoms with Gasteiger partial charge in [-0.1, -0.05) is 36.8 Å². The maximum absolute atomic E-state index is 12.8. The molecule has 1 unspecified atom stereocenters. The van der Waals surface area contributed by atoms with Crippen molar-refractivity contribution in [2.75, 3.05) is 23.7 Å². The van der Waals surface area contributed by atoms with Crippen LogP contribution in [0.25, 0.3) is 0 Å². The van der Waals surface area contributed by atoms with Crippen LogP contribution in [0, 0.1) is 0 Å². The van der Waals surface area contributed by atoms with Gasteiger partial charge in [0.1, 0.15) is 4.21 Å². The van der Waals surface area contributed by atoms with E-state index in [1.807, 2.05) is 42.5 Å². The third-order valence-corrected chi connectivity index (χ3v) is 9.18. The summed E-state index contributed by atoms with van der Waals surface area (Å²) >= 11 is 1.18. The number of carbonyl (C=O) groups is 1. The highest BCUT2D eigenvalue weighted by Gasteiger charge is 2.27. The van der Waals surface area contributed by atoms with E-state index in [2.05, 4.69) is 29.7 Å². The van der Waals surface area contributed by atoms with Crippen LogP contribution in [-0.2, 0) is 21.2 Å². The second-order valence-electron chi connectivity index (χ2n) is 8.26. The largest absolute Gasteiger partial charge is 0.379 e. The van der Waals surface area contributed by atoms with Crippen molar-refractivity contribution in [3.8, 4) is 0 Å². The van der Waals surface area contributed by atoms with Gasteiger partial charge in [-0.05, 0) is 61.7 Å². The maximum Gasteiger partial charge on any atom is 0.252 e. The number of thiophene rings is 1. The molecule has 0 spiro atoms. The van der Waals surface area contributed by atoms with Crippen molar-refractivity contribution >= 4 is 38.6 Å². The summed E-state index contributed by atoms with van der Waals surface area (Å²) in [7, 11) is -3.46. The van der Waals surface area contributed by atoms with Crippen molar-refractivity contribution in [1.29, 1.82) is 0 Å². The topological polar surface area (TPSA) is 78.5 Å². The first-order valence-corrected chi connectivity index (χ1v) is 13.5. The Morgan fingerprint density at radius 2 is 1.61 bits per heavy atom. The fourth-order valence-corrected chi connectivity index (χ4v) is 6.94. The molecule has 8 heteroatoms. The normalized spacial score (nSPS) is 15.7. The molecule has 0 bridgehead atoms. The summed E-state index contributed by atoms with van der Waals surface area (Å²) in [6, 6.07) is 21.3. The van der Waals surface area contributed by atoms with Crippen molar-refractivity contribution in [1.82, 2.24) is 4.31 Å². The molecule has 174 valence electrons.